The van der Waals surface area contributed by atoms with Crippen LogP contribution in [0.3, 0.4) is 0 Å². The smallest absolute Gasteiger partial charge is 0.0706 e. The van der Waals surface area contributed by atoms with Crippen molar-refractivity contribution in [1.29, 1.82) is 0 Å². The molecule has 3 aliphatic rings. The Balaban J connectivity index is 1.72. The van der Waals surface area contributed by atoms with E-state index in [1.165, 1.54) is 45.1 Å². The summed E-state index contributed by atoms with van der Waals surface area (Å²) >= 11 is 0. The van der Waals surface area contributed by atoms with Gasteiger partial charge in [0, 0.05) is 30.7 Å². The topological polar surface area (TPSA) is 24.5 Å². The highest BCUT2D eigenvalue weighted by Gasteiger charge is 2.50. The van der Waals surface area contributed by atoms with Crippen LogP contribution in [0.25, 0.3) is 0 Å². The molecule has 0 radical (unpaired) electrons. The van der Waals surface area contributed by atoms with Crippen molar-refractivity contribution in [3.63, 3.8) is 0 Å². The lowest BCUT2D eigenvalue weighted by Crippen LogP contribution is -2.70. The number of ether oxygens (including phenoxy) is 1. The van der Waals surface area contributed by atoms with Crippen molar-refractivity contribution < 1.29 is 4.74 Å². The van der Waals surface area contributed by atoms with Crippen LogP contribution in [0.2, 0.25) is 0 Å². The Bertz CT molecular complexity index is 364. The minimum Gasteiger partial charge on any atom is -0.374 e. The summed E-state index contributed by atoms with van der Waals surface area (Å²) in [6.45, 7) is 12.9. The molecule has 0 aromatic heterocycles. The van der Waals surface area contributed by atoms with E-state index < -0.39 is 0 Å². The monoisotopic (exact) mass is 294 g/mol. The molecule has 2 saturated heterocycles. The molecule has 0 aromatic carbocycles. The van der Waals surface area contributed by atoms with E-state index in [2.05, 4.69) is 37.9 Å². The third-order valence-corrected chi connectivity index (χ3v) is 6.55. The standard InChI is InChI=1S/C18H34N2O/c1-5-18(6-2)12-19-17(4,15-8-9-15)13-20(18)11-16-10-7-14(3)21-16/h14-16,19H,5-13H2,1-4H3. The highest BCUT2D eigenvalue weighted by Crippen LogP contribution is 2.44. The highest BCUT2D eigenvalue weighted by atomic mass is 16.5. The summed E-state index contributed by atoms with van der Waals surface area (Å²) in [5.74, 6) is 0.898. The molecule has 0 bridgehead atoms. The Morgan fingerprint density at radius 1 is 1.14 bits per heavy atom. The summed E-state index contributed by atoms with van der Waals surface area (Å²) in [7, 11) is 0. The molecule has 21 heavy (non-hydrogen) atoms. The zero-order valence-corrected chi connectivity index (χ0v) is 14.5. The van der Waals surface area contributed by atoms with Crippen LogP contribution >= 0.6 is 0 Å². The quantitative estimate of drug-likeness (QED) is 0.843. The van der Waals surface area contributed by atoms with E-state index in [9.17, 15) is 0 Å². The third-order valence-electron chi connectivity index (χ3n) is 6.55. The van der Waals surface area contributed by atoms with Crippen LogP contribution in [0, 0.1) is 5.92 Å². The van der Waals surface area contributed by atoms with Gasteiger partial charge in [-0.2, -0.15) is 0 Å². The second-order valence-electron chi connectivity index (χ2n) is 8.00. The number of nitrogens with one attached hydrogen (secondary N) is 1. The normalized spacial score (nSPS) is 40.6. The van der Waals surface area contributed by atoms with Gasteiger partial charge in [0.05, 0.1) is 12.2 Å². The summed E-state index contributed by atoms with van der Waals surface area (Å²) < 4.78 is 6.13. The SMILES string of the molecule is CCC1(CC)CNC(C)(C2CC2)CN1CC1CCC(C)O1. The Morgan fingerprint density at radius 2 is 1.86 bits per heavy atom. The first kappa shape index (κ1) is 15.8. The maximum atomic E-state index is 6.13. The maximum absolute atomic E-state index is 6.13. The summed E-state index contributed by atoms with van der Waals surface area (Å²) in [5.41, 5.74) is 0.668. The fraction of sp³-hybridized carbons (Fsp3) is 1.00. The minimum absolute atomic E-state index is 0.331. The molecule has 3 rings (SSSR count). The zero-order chi connectivity index (χ0) is 15.1. The molecule has 1 saturated carbocycles. The van der Waals surface area contributed by atoms with Crippen LogP contribution in [0.5, 0.6) is 0 Å². The van der Waals surface area contributed by atoms with Gasteiger partial charge in [-0.1, -0.05) is 13.8 Å². The molecule has 3 fully saturated rings. The molecular weight excluding hydrogens is 260 g/mol. The van der Waals surface area contributed by atoms with Crippen molar-refractivity contribution in [3.8, 4) is 0 Å². The molecule has 0 amide bonds. The predicted octanol–water partition coefficient (Wildman–Crippen LogP) is 3.19. The van der Waals surface area contributed by atoms with E-state index in [-0.39, 0.29) is 0 Å². The molecule has 122 valence electrons. The van der Waals surface area contributed by atoms with Crippen molar-refractivity contribution in [3.05, 3.63) is 0 Å². The van der Waals surface area contributed by atoms with Gasteiger partial charge >= 0.3 is 0 Å². The molecule has 0 aromatic rings. The number of hydrogen-bond donors (Lipinski definition) is 1. The van der Waals surface area contributed by atoms with Gasteiger partial charge in [0.25, 0.3) is 0 Å². The van der Waals surface area contributed by atoms with E-state index in [0.717, 1.165) is 19.0 Å². The van der Waals surface area contributed by atoms with Gasteiger partial charge in [0.1, 0.15) is 0 Å². The number of hydrogen-bond acceptors (Lipinski definition) is 3. The number of nitrogens with zero attached hydrogens (tertiary/aromatic N) is 1. The lowest BCUT2D eigenvalue weighted by molar-refractivity contribution is -0.0453. The average molecular weight is 294 g/mol. The lowest BCUT2D eigenvalue weighted by atomic mass is 9.81. The van der Waals surface area contributed by atoms with Crippen LogP contribution < -0.4 is 5.32 Å². The number of piperazine rings is 1. The third kappa shape index (κ3) is 3.02. The summed E-state index contributed by atoms with van der Waals surface area (Å²) in [5, 5.41) is 3.93. The van der Waals surface area contributed by atoms with Crippen LogP contribution in [-0.4, -0.2) is 47.8 Å². The molecule has 2 aliphatic heterocycles. The Hall–Kier alpha value is -0.120. The van der Waals surface area contributed by atoms with Crippen molar-refractivity contribution in [2.75, 3.05) is 19.6 Å². The molecule has 3 atom stereocenters. The Labute approximate surface area is 130 Å². The first-order valence-electron chi connectivity index (χ1n) is 9.17. The molecule has 3 heteroatoms. The van der Waals surface area contributed by atoms with Gasteiger partial charge in [-0.25, -0.2) is 0 Å². The van der Waals surface area contributed by atoms with Crippen LogP contribution in [0.1, 0.15) is 66.2 Å². The Morgan fingerprint density at radius 3 is 2.38 bits per heavy atom. The second-order valence-corrected chi connectivity index (χ2v) is 8.00. The van der Waals surface area contributed by atoms with E-state index in [4.69, 9.17) is 4.74 Å². The van der Waals surface area contributed by atoms with Gasteiger partial charge in [-0.15, -0.1) is 0 Å². The minimum atomic E-state index is 0.331. The number of rotatable bonds is 5. The average Bonchev–Trinajstić information content (AvgIpc) is 3.25. The first-order valence-corrected chi connectivity index (χ1v) is 9.17. The molecular formula is C18H34N2O. The van der Waals surface area contributed by atoms with Gasteiger partial charge in [0.15, 0.2) is 0 Å². The largest absolute Gasteiger partial charge is 0.374 e. The second kappa shape index (κ2) is 5.82. The zero-order valence-electron chi connectivity index (χ0n) is 14.5. The van der Waals surface area contributed by atoms with Crippen molar-refractivity contribution in [2.24, 2.45) is 5.92 Å². The van der Waals surface area contributed by atoms with Crippen molar-refractivity contribution in [2.45, 2.75) is 89.5 Å². The molecule has 1 N–H and O–H groups in total. The predicted molar refractivity (Wildman–Crippen MR) is 87.6 cm³/mol. The van der Waals surface area contributed by atoms with Crippen LogP contribution in [0.4, 0.5) is 0 Å². The van der Waals surface area contributed by atoms with Gasteiger partial charge in [-0.3, -0.25) is 4.90 Å². The summed E-state index contributed by atoms with van der Waals surface area (Å²) in [6, 6.07) is 0. The van der Waals surface area contributed by atoms with Gasteiger partial charge in [-0.05, 0) is 58.3 Å². The maximum Gasteiger partial charge on any atom is 0.0706 e. The van der Waals surface area contributed by atoms with Crippen LogP contribution in [-0.2, 0) is 4.74 Å². The summed E-state index contributed by atoms with van der Waals surface area (Å²) in [4.78, 5) is 2.80. The molecule has 1 aliphatic carbocycles. The summed E-state index contributed by atoms with van der Waals surface area (Å²) in [6.07, 6.45) is 8.71. The fourth-order valence-corrected chi connectivity index (χ4v) is 4.56. The van der Waals surface area contributed by atoms with Gasteiger partial charge < -0.3 is 10.1 Å². The first-order chi connectivity index (χ1) is 10.0. The van der Waals surface area contributed by atoms with E-state index >= 15 is 0 Å². The Kier molecular flexibility index (Phi) is 4.37. The van der Waals surface area contributed by atoms with E-state index in [1.54, 1.807) is 0 Å². The molecule has 2 heterocycles. The highest BCUT2D eigenvalue weighted by molar-refractivity contribution is 5.08. The van der Waals surface area contributed by atoms with Crippen molar-refractivity contribution >= 4 is 0 Å². The molecule has 3 nitrogen and oxygen atoms in total. The van der Waals surface area contributed by atoms with E-state index in [1.807, 2.05) is 0 Å². The van der Waals surface area contributed by atoms with E-state index in [0.29, 0.717) is 23.3 Å². The molecule has 0 spiro atoms. The van der Waals surface area contributed by atoms with Crippen molar-refractivity contribution in [1.82, 2.24) is 10.2 Å². The fourth-order valence-electron chi connectivity index (χ4n) is 4.56. The van der Waals surface area contributed by atoms with Gasteiger partial charge in [0.2, 0.25) is 0 Å². The van der Waals surface area contributed by atoms with Crippen LogP contribution in [0.15, 0.2) is 0 Å². The molecule has 3 unspecified atom stereocenters. The lowest BCUT2D eigenvalue weighted by Gasteiger charge is -2.54.